The molecule has 4 rings (SSSR count). The van der Waals surface area contributed by atoms with Crippen molar-refractivity contribution in [2.24, 2.45) is 5.92 Å². The van der Waals surface area contributed by atoms with Gasteiger partial charge in [0.05, 0.1) is 6.04 Å². The highest BCUT2D eigenvalue weighted by atomic mass is 32.1. The summed E-state index contributed by atoms with van der Waals surface area (Å²) >= 11 is 1.78. The van der Waals surface area contributed by atoms with Gasteiger partial charge in [0, 0.05) is 23.4 Å². The average molecular weight is 425 g/mol. The van der Waals surface area contributed by atoms with Gasteiger partial charge in [-0.05, 0) is 55.2 Å². The van der Waals surface area contributed by atoms with Crippen LogP contribution in [0.25, 0.3) is 0 Å². The summed E-state index contributed by atoms with van der Waals surface area (Å²) in [6.45, 7) is 5.06. The Labute approximate surface area is 183 Å². The fourth-order valence-electron chi connectivity index (χ4n) is 4.90. The van der Waals surface area contributed by atoms with Crippen LogP contribution >= 0.6 is 11.3 Å². The number of hydrogen-bond donors (Lipinski definition) is 0. The van der Waals surface area contributed by atoms with E-state index in [1.807, 2.05) is 28.0 Å². The Morgan fingerprint density at radius 3 is 2.60 bits per heavy atom. The van der Waals surface area contributed by atoms with Crippen molar-refractivity contribution in [3.63, 3.8) is 0 Å². The second-order valence-corrected chi connectivity index (χ2v) is 9.65. The smallest absolute Gasteiger partial charge is 0.243 e. The molecule has 0 N–H and O–H groups in total. The fraction of sp³-hybridized carbons (Fsp3) is 0.520. The molecule has 1 saturated carbocycles. The molecule has 1 fully saturated rings. The Morgan fingerprint density at radius 1 is 1.17 bits per heavy atom. The molecular formula is C25H32N2O2S. The first-order valence-electron chi connectivity index (χ1n) is 11.3. The highest BCUT2D eigenvalue weighted by molar-refractivity contribution is 7.10. The molecule has 0 saturated heterocycles. The summed E-state index contributed by atoms with van der Waals surface area (Å²) in [6.07, 6.45) is 5.94. The third-order valence-electron chi connectivity index (χ3n) is 6.82. The summed E-state index contributed by atoms with van der Waals surface area (Å²) in [5, 5.41) is 2.13. The third-order valence-corrected chi connectivity index (χ3v) is 7.81. The number of carbonyl (C=O) groups excluding carboxylic acids is 2. The van der Waals surface area contributed by atoms with Gasteiger partial charge in [-0.25, -0.2) is 0 Å². The molecule has 0 bridgehead atoms. The van der Waals surface area contributed by atoms with Crippen molar-refractivity contribution in [1.82, 2.24) is 9.80 Å². The van der Waals surface area contributed by atoms with Gasteiger partial charge < -0.3 is 9.80 Å². The van der Waals surface area contributed by atoms with E-state index in [-0.39, 0.29) is 36.4 Å². The minimum Gasteiger partial charge on any atom is -0.330 e. The zero-order valence-corrected chi connectivity index (χ0v) is 18.9. The molecule has 0 radical (unpaired) electrons. The van der Waals surface area contributed by atoms with Gasteiger partial charge in [-0.1, -0.05) is 50.1 Å². The Kier molecular flexibility index (Phi) is 6.57. The van der Waals surface area contributed by atoms with Gasteiger partial charge in [0.2, 0.25) is 11.8 Å². The van der Waals surface area contributed by atoms with Crippen LogP contribution in [0, 0.1) is 5.92 Å². The molecule has 160 valence electrons. The van der Waals surface area contributed by atoms with Crippen LogP contribution in [0.2, 0.25) is 0 Å². The van der Waals surface area contributed by atoms with Crippen molar-refractivity contribution < 1.29 is 9.59 Å². The van der Waals surface area contributed by atoms with E-state index in [0.29, 0.717) is 6.54 Å². The van der Waals surface area contributed by atoms with Gasteiger partial charge >= 0.3 is 0 Å². The molecule has 2 amide bonds. The predicted octanol–water partition coefficient (Wildman–Crippen LogP) is 5.04. The molecule has 5 heteroatoms. The lowest BCUT2D eigenvalue weighted by molar-refractivity contribution is -0.145. The van der Waals surface area contributed by atoms with Crippen molar-refractivity contribution in [3.8, 4) is 0 Å². The van der Waals surface area contributed by atoms with Gasteiger partial charge in [-0.2, -0.15) is 0 Å². The summed E-state index contributed by atoms with van der Waals surface area (Å²) in [4.78, 5) is 32.1. The van der Waals surface area contributed by atoms with Crippen LogP contribution in [-0.4, -0.2) is 40.7 Å². The average Bonchev–Trinajstić information content (AvgIpc) is 3.48. The summed E-state index contributed by atoms with van der Waals surface area (Å²) in [7, 11) is 0. The van der Waals surface area contributed by atoms with E-state index in [1.54, 1.807) is 11.3 Å². The maximum Gasteiger partial charge on any atom is 0.243 e. The number of thiophene rings is 1. The number of carbonyl (C=O) groups is 2. The minimum absolute atomic E-state index is 0.0611. The summed E-state index contributed by atoms with van der Waals surface area (Å²) in [5.74, 6) is 0.341. The Bertz CT molecular complexity index is 872. The quantitative estimate of drug-likeness (QED) is 0.652. The Morgan fingerprint density at radius 2 is 1.90 bits per heavy atom. The van der Waals surface area contributed by atoms with Crippen molar-refractivity contribution in [2.75, 3.05) is 13.1 Å². The Hall–Kier alpha value is -2.14. The third kappa shape index (κ3) is 4.18. The van der Waals surface area contributed by atoms with Gasteiger partial charge in [-0.3, -0.25) is 9.59 Å². The van der Waals surface area contributed by atoms with Crippen LogP contribution in [0.4, 0.5) is 0 Å². The largest absolute Gasteiger partial charge is 0.330 e. The molecule has 2 heterocycles. The maximum absolute atomic E-state index is 13.6. The zero-order valence-electron chi connectivity index (χ0n) is 18.0. The first kappa shape index (κ1) is 21.1. The van der Waals surface area contributed by atoms with E-state index in [2.05, 4.69) is 37.4 Å². The number of benzene rings is 1. The Balaban J connectivity index is 1.59. The van der Waals surface area contributed by atoms with E-state index < -0.39 is 0 Å². The molecule has 0 unspecified atom stereocenters. The molecule has 1 aliphatic carbocycles. The number of hydrogen-bond acceptors (Lipinski definition) is 3. The molecule has 2 aromatic rings. The molecule has 2 aliphatic rings. The van der Waals surface area contributed by atoms with Crippen LogP contribution in [0.1, 0.15) is 68.0 Å². The van der Waals surface area contributed by atoms with Gasteiger partial charge in [-0.15, -0.1) is 11.3 Å². The van der Waals surface area contributed by atoms with Crippen LogP contribution in [0.5, 0.6) is 0 Å². The lowest BCUT2D eigenvalue weighted by Gasteiger charge is -2.39. The van der Waals surface area contributed by atoms with Gasteiger partial charge in [0.15, 0.2) is 0 Å². The van der Waals surface area contributed by atoms with Crippen molar-refractivity contribution in [1.29, 1.82) is 0 Å². The van der Waals surface area contributed by atoms with Gasteiger partial charge in [0.1, 0.15) is 6.54 Å². The molecule has 1 aromatic carbocycles. The minimum atomic E-state index is -0.0611. The number of fused-ring (bicyclic) bond motifs is 1. The SMILES string of the molecule is CC[C@@H](C)N(CC(=O)N1CCc2sccc2[C@@H]1c1ccccc1)C(=O)C1CCCC1. The summed E-state index contributed by atoms with van der Waals surface area (Å²) < 4.78 is 0. The second kappa shape index (κ2) is 9.34. The van der Waals surface area contributed by atoms with Crippen LogP contribution in [0.15, 0.2) is 41.8 Å². The molecule has 1 aliphatic heterocycles. The monoisotopic (exact) mass is 424 g/mol. The topological polar surface area (TPSA) is 40.6 Å². The summed E-state index contributed by atoms with van der Waals surface area (Å²) in [6, 6.07) is 12.5. The lowest BCUT2D eigenvalue weighted by atomic mass is 9.93. The zero-order chi connectivity index (χ0) is 21.1. The van der Waals surface area contributed by atoms with Crippen LogP contribution in [0.3, 0.4) is 0 Å². The van der Waals surface area contributed by atoms with Crippen LogP contribution in [-0.2, 0) is 16.0 Å². The molecule has 1 aromatic heterocycles. The predicted molar refractivity (Wildman–Crippen MR) is 121 cm³/mol. The number of rotatable bonds is 6. The second-order valence-electron chi connectivity index (χ2n) is 8.65. The van der Waals surface area contributed by atoms with E-state index in [4.69, 9.17) is 0 Å². The number of nitrogens with zero attached hydrogens (tertiary/aromatic N) is 2. The van der Waals surface area contributed by atoms with E-state index in [0.717, 1.165) is 44.1 Å². The highest BCUT2D eigenvalue weighted by Gasteiger charge is 2.36. The standard InChI is InChI=1S/C25H32N2O2S/c1-3-18(2)27(25(29)20-11-7-8-12-20)17-23(28)26-15-13-22-21(14-16-30-22)24(26)19-9-5-4-6-10-19/h4-6,9-10,14,16,18,20,24H,3,7-8,11-13,15,17H2,1-2H3/t18-,24+/m1/s1. The van der Waals surface area contributed by atoms with E-state index in [1.165, 1.54) is 10.4 Å². The van der Waals surface area contributed by atoms with E-state index >= 15 is 0 Å². The summed E-state index contributed by atoms with van der Waals surface area (Å²) in [5.41, 5.74) is 2.38. The lowest BCUT2D eigenvalue weighted by Crippen LogP contribution is -2.50. The van der Waals surface area contributed by atoms with Crippen molar-refractivity contribution in [3.05, 3.63) is 57.8 Å². The molecule has 4 nitrogen and oxygen atoms in total. The first-order valence-corrected chi connectivity index (χ1v) is 12.2. The van der Waals surface area contributed by atoms with Crippen LogP contribution < -0.4 is 0 Å². The fourth-order valence-corrected chi connectivity index (χ4v) is 5.80. The van der Waals surface area contributed by atoms with Crippen molar-refractivity contribution in [2.45, 2.75) is 64.5 Å². The molecule has 2 atom stereocenters. The highest BCUT2D eigenvalue weighted by Crippen LogP contribution is 2.38. The maximum atomic E-state index is 13.6. The number of amides is 2. The molecule has 0 spiro atoms. The van der Waals surface area contributed by atoms with Crippen molar-refractivity contribution >= 4 is 23.2 Å². The van der Waals surface area contributed by atoms with E-state index in [9.17, 15) is 9.59 Å². The van der Waals surface area contributed by atoms with Gasteiger partial charge in [0.25, 0.3) is 0 Å². The first-order chi connectivity index (χ1) is 14.6. The molecule has 30 heavy (non-hydrogen) atoms. The normalized spacial score (nSPS) is 20.1. The molecular weight excluding hydrogens is 392 g/mol.